The molecule has 2 aromatic carbocycles. The lowest BCUT2D eigenvalue weighted by Gasteiger charge is -2.20. The highest BCUT2D eigenvalue weighted by Gasteiger charge is 2.17. The Kier molecular flexibility index (Phi) is 5.76. The van der Waals surface area contributed by atoms with Crippen LogP contribution < -0.4 is 9.62 Å². The minimum atomic E-state index is -3.34. The number of sulfonamides is 1. The maximum Gasteiger partial charge on any atom is 0.251 e. The van der Waals surface area contributed by atoms with Crippen molar-refractivity contribution >= 4 is 21.6 Å². The Hall–Kier alpha value is -2.34. The number of nitrogens with zero attached hydrogens (tertiary/aromatic N) is 1. The minimum Gasteiger partial charge on any atom is -0.346 e. The predicted octanol–water partition coefficient (Wildman–Crippen LogP) is 3.50. The second-order valence-electron chi connectivity index (χ2n) is 6.79. The molecule has 0 aliphatic heterocycles. The largest absolute Gasteiger partial charge is 0.346 e. The Labute approximate surface area is 156 Å². The van der Waals surface area contributed by atoms with E-state index in [4.69, 9.17) is 0 Å². The molecule has 0 aliphatic carbocycles. The Bertz CT molecular complexity index is 936. The van der Waals surface area contributed by atoms with Gasteiger partial charge in [-0.1, -0.05) is 23.8 Å². The smallest absolute Gasteiger partial charge is 0.251 e. The van der Waals surface area contributed by atoms with Gasteiger partial charge in [-0.15, -0.1) is 0 Å². The predicted molar refractivity (Wildman–Crippen MR) is 106 cm³/mol. The molecule has 2 rings (SSSR count). The summed E-state index contributed by atoms with van der Waals surface area (Å²) in [6, 6.07) is 11.1. The second-order valence-corrected chi connectivity index (χ2v) is 8.80. The molecule has 0 aromatic heterocycles. The maximum absolute atomic E-state index is 12.6. The molecular weight excluding hydrogens is 348 g/mol. The second kappa shape index (κ2) is 7.50. The van der Waals surface area contributed by atoms with Crippen molar-refractivity contribution in [3.8, 4) is 0 Å². The lowest BCUT2D eigenvalue weighted by molar-refractivity contribution is 0.0939. The average molecular weight is 375 g/mol. The van der Waals surface area contributed by atoms with Crippen LogP contribution in [-0.4, -0.2) is 27.6 Å². The van der Waals surface area contributed by atoms with Gasteiger partial charge in [0.15, 0.2) is 0 Å². The standard InChI is InChI=1S/C20H26N2O3S/c1-13-7-9-18(14(2)11-13)16(4)21-20(23)17-8-10-19(15(3)12-17)22(5)26(6,24)25/h7-12,16H,1-6H3,(H,21,23). The van der Waals surface area contributed by atoms with Crippen LogP contribution >= 0.6 is 0 Å². The quantitative estimate of drug-likeness (QED) is 0.871. The van der Waals surface area contributed by atoms with Crippen molar-refractivity contribution in [2.24, 2.45) is 0 Å². The van der Waals surface area contributed by atoms with Crippen LogP contribution in [0.4, 0.5) is 5.69 Å². The molecule has 1 atom stereocenters. The van der Waals surface area contributed by atoms with Gasteiger partial charge in [0.1, 0.15) is 0 Å². The van der Waals surface area contributed by atoms with Crippen molar-refractivity contribution in [3.63, 3.8) is 0 Å². The highest BCUT2D eigenvalue weighted by atomic mass is 32.2. The highest BCUT2D eigenvalue weighted by Crippen LogP contribution is 2.23. The molecule has 0 aliphatic rings. The zero-order valence-corrected chi connectivity index (χ0v) is 16.9. The summed E-state index contributed by atoms with van der Waals surface area (Å²) in [7, 11) is -1.84. The first kappa shape index (κ1) is 20.0. The van der Waals surface area contributed by atoms with Crippen molar-refractivity contribution < 1.29 is 13.2 Å². The van der Waals surface area contributed by atoms with E-state index >= 15 is 0 Å². The Morgan fingerprint density at radius 1 is 1.04 bits per heavy atom. The van der Waals surface area contributed by atoms with E-state index in [1.165, 1.54) is 16.9 Å². The van der Waals surface area contributed by atoms with Crippen LogP contribution in [0.3, 0.4) is 0 Å². The summed E-state index contributed by atoms with van der Waals surface area (Å²) >= 11 is 0. The normalized spacial score (nSPS) is 12.5. The van der Waals surface area contributed by atoms with Gasteiger partial charge >= 0.3 is 0 Å². The fourth-order valence-corrected chi connectivity index (χ4v) is 3.56. The first-order valence-electron chi connectivity index (χ1n) is 8.43. The Morgan fingerprint density at radius 2 is 1.69 bits per heavy atom. The number of carbonyl (C=O) groups is 1. The van der Waals surface area contributed by atoms with Gasteiger partial charge in [-0.05, 0) is 62.6 Å². The van der Waals surface area contributed by atoms with Gasteiger partial charge in [0.05, 0.1) is 18.0 Å². The van der Waals surface area contributed by atoms with Gasteiger partial charge in [0.2, 0.25) is 10.0 Å². The molecule has 1 N–H and O–H groups in total. The number of carbonyl (C=O) groups excluding carboxylic acids is 1. The summed E-state index contributed by atoms with van der Waals surface area (Å²) in [6.07, 6.45) is 1.15. The lowest BCUT2D eigenvalue weighted by atomic mass is 10.00. The van der Waals surface area contributed by atoms with E-state index in [1.807, 2.05) is 32.9 Å². The topological polar surface area (TPSA) is 66.5 Å². The number of hydrogen-bond acceptors (Lipinski definition) is 3. The Morgan fingerprint density at radius 3 is 2.23 bits per heavy atom. The molecule has 0 saturated carbocycles. The first-order chi connectivity index (χ1) is 12.0. The van der Waals surface area contributed by atoms with Crippen LogP contribution in [0.1, 0.15) is 45.6 Å². The third kappa shape index (κ3) is 4.43. The maximum atomic E-state index is 12.6. The van der Waals surface area contributed by atoms with Crippen molar-refractivity contribution in [2.75, 3.05) is 17.6 Å². The number of rotatable bonds is 5. The van der Waals surface area contributed by atoms with E-state index < -0.39 is 10.0 Å². The van der Waals surface area contributed by atoms with Gasteiger partial charge in [-0.25, -0.2) is 8.42 Å². The molecule has 0 fully saturated rings. The molecule has 5 nitrogen and oxygen atoms in total. The van der Waals surface area contributed by atoms with Crippen LogP contribution in [0.15, 0.2) is 36.4 Å². The number of amides is 1. The van der Waals surface area contributed by atoms with Crippen molar-refractivity contribution in [2.45, 2.75) is 33.7 Å². The molecule has 26 heavy (non-hydrogen) atoms. The van der Waals surface area contributed by atoms with Crippen LogP contribution in [0.2, 0.25) is 0 Å². The molecular formula is C20H26N2O3S. The zero-order valence-electron chi connectivity index (χ0n) is 16.1. The SMILES string of the molecule is Cc1ccc(C(C)NC(=O)c2ccc(N(C)S(C)(=O)=O)c(C)c2)c(C)c1. The van der Waals surface area contributed by atoms with Crippen LogP contribution in [-0.2, 0) is 10.0 Å². The zero-order chi connectivity index (χ0) is 19.6. The third-order valence-electron chi connectivity index (χ3n) is 4.54. The summed E-state index contributed by atoms with van der Waals surface area (Å²) in [5, 5.41) is 3.01. The molecule has 0 heterocycles. The van der Waals surface area contributed by atoms with E-state index in [2.05, 4.69) is 11.4 Å². The summed E-state index contributed by atoms with van der Waals surface area (Å²) in [6.45, 7) is 7.82. The van der Waals surface area contributed by atoms with Gasteiger partial charge < -0.3 is 5.32 Å². The molecule has 6 heteroatoms. The van der Waals surface area contributed by atoms with E-state index in [9.17, 15) is 13.2 Å². The van der Waals surface area contributed by atoms with E-state index in [0.29, 0.717) is 11.3 Å². The Balaban J connectivity index is 2.21. The minimum absolute atomic E-state index is 0.123. The number of hydrogen-bond donors (Lipinski definition) is 1. The van der Waals surface area contributed by atoms with Gasteiger partial charge in [0, 0.05) is 12.6 Å². The summed E-state index contributed by atoms with van der Waals surface area (Å²) in [5.41, 5.74) is 5.19. The number of nitrogens with one attached hydrogen (secondary N) is 1. The molecule has 0 saturated heterocycles. The summed E-state index contributed by atoms with van der Waals surface area (Å²) in [5.74, 6) is -0.186. The summed E-state index contributed by atoms with van der Waals surface area (Å²) < 4.78 is 24.6. The molecule has 0 radical (unpaired) electrons. The van der Waals surface area contributed by atoms with E-state index in [0.717, 1.165) is 22.9 Å². The molecule has 140 valence electrons. The summed E-state index contributed by atoms with van der Waals surface area (Å²) in [4.78, 5) is 12.6. The number of benzene rings is 2. The van der Waals surface area contributed by atoms with Crippen molar-refractivity contribution in [1.29, 1.82) is 0 Å². The monoisotopic (exact) mass is 374 g/mol. The number of anilines is 1. The van der Waals surface area contributed by atoms with Gasteiger partial charge in [-0.3, -0.25) is 9.10 Å². The fourth-order valence-electron chi connectivity index (χ4n) is 3.00. The van der Waals surface area contributed by atoms with Crippen LogP contribution in [0, 0.1) is 20.8 Å². The molecule has 1 unspecified atom stereocenters. The van der Waals surface area contributed by atoms with E-state index in [-0.39, 0.29) is 11.9 Å². The van der Waals surface area contributed by atoms with Crippen LogP contribution in [0.5, 0.6) is 0 Å². The van der Waals surface area contributed by atoms with Gasteiger partial charge in [0.25, 0.3) is 5.91 Å². The third-order valence-corrected chi connectivity index (χ3v) is 5.73. The average Bonchev–Trinajstić information content (AvgIpc) is 2.52. The molecule has 2 aromatic rings. The fraction of sp³-hybridized carbons (Fsp3) is 0.350. The molecule has 1 amide bonds. The molecule has 0 spiro atoms. The highest BCUT2D eigenvalue weighted by molar-refractivity contribution is 7.92. The van der Waals surface area contributed by atoms with Gasteiger partial charge in [-0.2, -0.15) is 0 Å². The van der Waals surface area contributed by atoms with E-state index in [1.54, 1.807) is 25.1 Å². The lowest BCUT2D eigenvalue weighted by Crippen LogP contribution is -2.28. The number of aryl methyl sites for hydroxylation is 3. The molecule has 0 bridgehead atoms. The first-order valence-corrected chi connectivity index (χ1v) is 10.3. The van der Waals surface area contributed by atoms with Crippen LogP contribution in [0.25, 0.3) is 0 Å². The van der Waals surface area contributed by atoms with Crippen molar-refractivity contribution in [3.05, 3.63) is 64.2 Å². The van der Waals surface area contributed by atoms with Crippen molar-refractivity contribution in [1.82, 2.24) is 5.32 Å².